The molecule has 28 heavy (non-hydrogen) atoms. The number of ether oxygens (including phenoxy) is 1. The summed E-state index contributed by atoms with van der Waals surface area (Å²) >= 11 is 3.40. The predicted octanol–water partition coefficient (Wildman–Crippen LogP) is 4.00. The van der Waals surface area contributed by atoms with Crippen LogP contribution in [-0.4, -0.2) is 52.3 Å². The molecular weight excluding hydrogens is 390 g/mol. The van der Waals surface area contributed by atoms with Gasteiger partial charge < -0.3 is 10.1 Å². The number of aromatic nitrogens is 3. The molecule has 1 fully saturated rings. The SMILES string of the molecule is c1ccc(-c2cn3nc(NCC(c4cccs4)N4CCOCC4)sc3n2)cc1. The third kappa shape index (κ3) is 3.68. The molecule has 1 atom stereocenters. The normalized spacial score (nSPS) is 16.4. The van der Waals surface area contributed by atoms with E-state index in [2.05, 4.69) is 45.0 Å². The first-order valence-corrected chi connectivity index (χ1v) is 11.1. The van der Waals surface area contributed by atoms with Crippen molar-refractivity contribution in [2.45, 2.75) is 6.04 Å². The van der Waals surface area contributed by atoms with E-state index in [-0.39, 0.29) is 0 Å². The number of thiophene rings is 1. The number of nitrogens with one attached hydrogen (secondary N) is 1. The van der Waals surface area contributed by atoms with Crippen molar-refractivity contribution in [1.29, 1.82) is 0 Å². The lowest BCUT2D eigenvalue weighted by atomic mass is 10.2. The van der Waals surface area contributed by atoms with Crippen LogP contribution < -0.4 is 5.32 Å². The van der Waals surface area contributed by atoms with Crippen LogP contribution >= 0.6 is 22.7 Å². The first-order chi connectivity index (χ1) is 13.9. The highest BCUT2D eigenvalue weighted by Gasteiger charge is 2.23. The van der Waals surface area contributed by atoms with Crippen LogP contribution in [0.4, 0.5) is 5.13 Å². The summed E-state index contributed by atoms with van der Waals surface area (Å²) in [6, 6.07) is 14.9. The molecule has 5 rings (SSSR count). The first-order valence-electron chi connectivity index (χ1n) is 9.37. The van der Waals surface area contributed by atoms with E-state index < -0.39 is 0 Å². The van der Waals surface area contributed by atoms with Crippen LogP contribution in [0.15, 0.2) is 54.0 Å². The Bertz CT molecular complexity index is 990. The molecule has 1 N–H and O–H groups in total. The van der Waals surface area contributed by atoms with Crippen LogP contribution in [0.2, 0.25) is 0 Å². The summed E-state index contributed by atoms with van der Waals surface area (Å²) < 4.78 is 7.39. The Morgan fingerprint density at radius 3 is 2.71 bits per heavy atom. The van der Waals surface area contributed by atoms with Gasteiger partial charge in [0, 0.05) is 30.1 Å². The van der Waals surface area contributed by atoms with E-state index in [4.69, 9.17) is 9.72 Å². The predicted molar refractivity (Wildman–Crippen MR) is 114 cm³/mol. The lowest BCUT2D eigenvalue weighted by Crippen LogP contribution is -2.41. The van der Waals surface area contributed by atoms with Gasteiger partial charge in [0.25, 0.3) is 0 Å². The summed E-state index contributed by atoms with van der Waals surface area (Å²) in [6.45, 7) is 4.35. The zero-order valence-electron chi connectivity index (χ0n) is 15.3. The lowest BCUT2D eigenvalue weighted by Gasteiger charge is -2.34. The second kappa shape index (κ2) is 8.00. The minimum absolute atomic E-state index is 0.333. The highest BCUT2D eigenvalue weighted by molar-refractivity contribution is 7.20. The molecule has 6 nitrogen and oxygen atoms in total. The summed E-state index contributed by atoms with van der Waals surface area (Å²) in [5.41, 5.74) is 2.07. The second-order valence-corrected chi connectivity index (χ2v) is 8.62. The van der Waals surface area contributed by atoms with Gasteiger partial charge in [0.05, 0.1) is 31.1 Å². The molecule has 3 aromatic heterocycles. The van der Waals surface area contributed by atoms with Crippen LogP contribution in [0.3, 0.4) is 0 Å². The fraction of sp³-hybridized carbons (Fsp3) is 0.300. The molecule has 0 spiro atoms. The van der Waals surface area contributed by atoms with E-state index in [1.165, 1.54) is 4.88 Å². The highest BCUT2D eigenvalue weighted by atomic mass is 32.1. The van der Waals surface area contributed by atoms with Gasteiger partial charge in [-0.25, -0.2) is 9.50 Å². The summed E-state index contributed by atoms with van der Waals surface area (Å²) in [5.74, 6) is 0. The number of benzene rings is 1. The Hall–Kier alpha value is -2.26. The van der Waals surface area contributed by atoms with Gasteiger partial charge in [-0.05, 0) is 11.4 Å². The number of hydrogen-bond donors (Lipinski definition) is 1. The van der Waals surface area contributed by atoms with Gasteiger partial charge in [-0.3, -0.25) is 4.90 Å². The maximum absolute atomic E-state index is 5.53. The zero-order chi connectivity index (χ0) is 18.8. The topological polar surface area (TPSA) is 54.7 Å². The van der Waals surface area contributed by atoms with Crippen LogP contribution in [0.5, 0.6) is 0 Å². The first kappa shape index (κ1) is 17.8. The quantitative estimate of drug-likeness (QED) is 0.520. The number of anilines is 1. The van der Waals surface area contributed by atoms with E-state index in [0.717, 1.165) is 54.2 Å². The maximum Gasteiger partial charge on any atom is 0.214 e. The van der Waals surface area contributed by atoms with Crippen LogP contribution in [0, 0.1) is 0 Å². The van der Waals surface area contributed by atoms with Crippen molar-refractivity contribution in [2.24, 2.45) is 0 Å². The maximum atomic E-state index is 5.53. The number of rotatable bonds is 6. The van der Waals surface area contributed by atoms with Crippen LogP contribution in [0.25, 0.3) is 16.2 Å². The van der Waals surface area contributed by atoms with Crippen molar-refractivity contribution >= 4 is 32.8 Å². The zero-order valence-corrected chi connectivity index (χ0v) is 17.0. The molecule has 0 radical (unpaired) electrons. The minimum Gasteiger partial charge on any atom is -0.379 e. The Morgan fingerprint density at radius 1 is 1.11 bits per heavy atom. The molecule has 4 aromatic rings. The average Bonchev–Trinajstić information content (AvgIpc) is 3.46. The molecule has 1 aromatic carbocycles. The fourth-order valence-electron chi connectivity index (χ4n) is 3.48. The standard InChI is InChI=1S/C20H21N5OS2/c1-2-5-15(6-3-1)16-14-25-20(22-16)28-19(23-25)21-13-17(18-7-4-12-27-18)24-8-10-26-11-9-24/h1-7,12,14,17H,8-11,13H2,(H,21,23). The van der Waals surface area contributed by atoms with Crippen molar-refractivity contribution in [3.63, 3.8) is 0 Å². The Labute approximate surface area is 171 Å². The minimum atomic E-state index is 0.333. The van der Waals surface area contributed by atoms with Crippen molar-refractivity contribution in [3.05, 3.63) is 58.9 Å². The van der Waals surface area contributed by atoms with Crippen molar-refractivity contribution in [3.8, 4) is 11.3 Å². The van der Waals surface area contributed by atoms with Gasteiger partial charge >= 0.3 is 0 Å². The Kier molecular flexibility index (Phi) is 5.09. The van der Waals surface area contributed by atoms with Gasteiger partial charge in [0.2, 0.25) is 10.1 Å². The number of fused-ring (bicyclic) bond motifs is 1. The average molecular weight is 412 g/mol. The number of morpholine rings is 1. The molecule has 1 aliphatic rings. The Morgan fingerprint density at radius 2 is 1.96 bits per heavy atom. The molecule has 0 bridgehead atoms. The van der Waals surface area contributed by atoms with E-state index in [0.29, 0.717) is 6.04 Å². The molecule has 4 heterocycles. The van der Waals surface area contributed by atoms with Gasteiger partial charge in [-0.15, -0.1) is 16.4 Å². The van der Waals surface area contributed by atoms with Crippen molar-refractivity contribution < 1.29 is 4.74 Å². The smallest absolute Gasteiger partial charge is 0.214 e. The fourth-order valence-corrected chi connectivity index (χ4v) is 5.13. The lowest BCUT2D eigenvalue weighted by molar-refractivity contribution is 0.0194. The van der Waals surface area contributed by atoms with E-state index in [9.17, 15) is 0 Å². The van der Waals surface area contributed by atoms with E-state index in [1.54, 1.807) is 11.3 Å². The number of imidazole rings is 1. The van der Waals surface area contributed by atoms with Gasteiger partial charge in [0.15, 0.2) is 0 Å². The van der Waals surface area contributed by atoms with E-state index >= 15 is 0 Å². The summed E-state index contributed by atoms with van der Waals surface area (Å²) in [5, 5.41) is 11.3. The summed E-state index contributed by atoms with van der Waals surface area (Å²) in [6.07, 6.45) is 1.99. The largest absolute Gasteiger partial charge is 0.379 e. The molecule has 1 unspecified atom stereocenters. The molecule has 144 valence electrons. The van der Waals surface area contributed by atoms with Gasteiger partial charge in [-0.2, -0.15) is 0 Å². The van der Waals surface area contributed by atoms with Gasteiger partial charge in [0.1, 0.15) is 0 Å². The molecule has 0 aliphatic carbocycles. The second-order valence-electron chi connectivity index (χ2n) is 6.69. The number of nitrogens with zero attached hydrogens (tertiary/aromatic N) is 4. The molecule has 8 heteroatoms. The molecule has 1 aliphatic heterocycles. The van der Waals surface area contributed by atoms with E-state index in [1.807, 2.05) is 40.2 Å². The molecular formula is C20H21N5OS2. The third-order valence-electron chi connectivity index (χ3n) is 4.92. The van der Waals surface area contributed by atoms with Crippen LogP contribution in [-0.2, 0) is 4.74 Å². The Balaban J connectivity index is 1.32. The molecule has 1 saturated heterocycles. The van der Waals surface area contributed by atoms with Gasteiger partial charge in [-0.1, -0.05) is 47.7 Å². The van der Waals surface area contributed by atoms with Crippen LogP contribution in [0.1, 0.15) is 10.9 Å². The van der Waals surface area contributed by atoms with Crippen molar-refractivity contribution in [2.75, 3.05) is 38.2 Å². The summed E-state index contributed by atoms with van der Waals surface area (Å²) in [7, 11) is 0. The monoisotopic (exact) mass is 411 g/mol. The molecule has 0 amide bonds. The third-order valence-corrected chi connectivity index (χ3v) is 6.77. The number of hydrogen-bond acceptors (Lipinski definition) is 7. The summed E-state index contributed by atoms with van der Waals surface area (Å²) in [4.78, 5) is 9.50. The van der Waals surface area contributed by atoms with Crippen molar-refractivity contribution in [1.82, 2.24) is 19.5 Å². The molecule has 0 saturated carbocycles. The highest BCUT2D eigenvalue weighted by Crippen LogP contribution is 2.28.